The smallest absolute Gasteiger partial charge is 0.200 e. The van der Waals surface area contributed by atoms with Crippen molar-refractivity contribution in [1.29, 1.82) is 0 Å². The van der Waals surface area contributed by atoms with Crippen LogP contribution in [0.25, 0.3) is 0 Å². The molecule has 0 aliphatic carbocycles. The summed E-state index contributed by atoms with van der Waals surface area (Å²) in [5, 5.41) is 0. The summed E-state index contributed by atoms with van der Waals surface area (Å²) in [4.78, 5) is 0. The third-order valence-electron chi connectivity index (χ3n) is 2.48. The van der Waals surface area contributed by atoms with Crippen LogP contribution in [0.4, 0.5) is 22.0 Å². The summed E-state index contributed by atoms with van der Waals surface area (Å²) in [7, 11) is 0. The van der Waals surface area contributed by atoms with E-state index in [-0.39, 0.29) is 6.42 Å². The van der Waals surface area contributed by atoms with E-state index in [2.05, 4.69) is 0 Å². The van der Waals surface area contributed by atoms with Gasteiger partial charge in [0.15, 0.2) is 23.3 Å². The quantitative estimate of drug-likeness (QED) is 0.495. The highest BCUT2D eigenvalue weighted by molar-refractivity contribution is 5.26. The number of hydrogen-bond acceptors (Lipinski definition) is 1. The third kappa shape index (κ3) is 2.57. The van der Waals surface area contributed by atoms with Crippen molar-refractivity contribution in [1.82, 2.24) is 0 Å². The Balaban J connectivity index is 3.24. The van der Waals surface area contributed by atoms with Gasteiger partial charge in [0.2, 0.25) is 5.82 Å². The van der Waals surface area contributed by atoms with E-state index >= 15 is 0 Å². The molecule has 6 heteroatoms. The normalized spacial score (nSPS) is 12.9. The molecule has 1 atom stereocenters. The summed E-state index contributed by atoms with van der Waals surface area (Å²) in [6.45, 7) is 1.82. The number of hydrogen-bond donors (Lipinski definition) is 1. The lowest BCUT2D eigenvalue weighted by atomic mass is 10.00. The van der Waals surface area contributed by atoms with Gasteiger partial charge in [0.25, 0.3) is 0 Å². The van der Waals surface area contributed by atoms with Crippen molar-refractivity contribution in [2.24, 2.45) is 5.73 Å². The lowest BCUT2D eigenvalue weighted by Crippen LogP contribution is -2.17. The molecule has 1 aromatic carbocycles. The molecule has 0 fully saturated rings. The SMILES string of the molecule is CCCCC(N)c1c(F)c(F)c(F)c(F)c1F. The molecular weight excluding hydrogens is 241 g/mol. The average molecular weight is 253 g/mol. The zero-order chi connectivity index (χ0) is 13.2. The molecule has 0 radical (unpaired) electrons. The van der Waals surface area contributed by atoms with Gasteiger partial charge in [0, 0.05) is 11.6 Å². The molecule has 96 valence electrons. The van der Waals surface area contributed by atoms with Gasteiger partial charge in [-0.15, -0.1) is 0 Å². The summed E-state index contributed by atoms with van der Waals surface area (Å²) < 4.78 is 65.0. The van der Waals surface area contributed by atoms with E-state index in [0.717, 1.165) is 0 Å². The summed E-state index contributed by atoms with van der Waals surface area (Å²) in [5.41, 5.74) is 4.50. The van der Waals surface area contributed by atoms with Crippen molar-refractivity contribution < 1.29 is 22.0 Å². The minimum Gasteiger partial charge on any atom is -0.324 e. The maximum atomic E-state index is 13.3. The topological polar surface area (TPSA) is 26.0 Å². The third-order valence-corrected chi connectivity index (χ3v) is 2.48. The maximum absolute atomic E-state index is 13.3. The van der Waals surface area contributed by atoms with Gasteiger partial charge in [-0.2, -0.15) is 0 Å². The van der Waals surface area contributed by atoms with Gasteiger partial charge in [-0.1, -0.05) is 19.8 Å². The fraction of sp³-hybridized carbons (Fsp3) is 0.455. The Morgan fingerprint density at radius 2 is 1.29 bits per heavy atom. The van der Waals surface area contributed by atoms with Gasteiger partial charge in [-0.3, -0.25) is 0 Å². The average Bonchev–Trinajstić information content (AvgIpc) is 2.31. The van der Waals surface area contributed by atoms with Crippen molar-refractivity contribution in [2.75, 3.05) is 0 Å². The van der Waals surface area contributed by atoms with E-state index in [1.54, 1.807) is 0 Å². The molecule has 0 aliphatic heterocycles. The van der Waals surface area contributed by atoms with Crippen LogP contribution in [0, 0.1) is 29.1 Å². The molecular formula is C11H12F5N. The number of halogens is 5. The Labute approximate surface area is 95.4 Å². The molecule has 0 bridgehead atoms. The van der Waals surface area contributed by atoms with Crippen LogP contribution in [0.15, 0.2) is 0 Å². The maximum Gasteiger partial charge on any atom is 0.200 e. The molecule has 0 spiro atoms. The Bertz CT molecular complexity index is 390. The van der Waals surface area contributed by atoms with Crippen molar-refractivity contribution in [2.45, 2.75) is 32.2 Å². The Kier molecular flexibility index (Phi) is 4.45. The minimum absolute atomic E-state index is 0.162. The number of unbranched alkanes of at least 4 members (excludes halogenated alkanes) is 1. The highest BCUT2D eigenvalue weighted by Gasteiger charge is 2.28. The van der Waals surface area contributed by atoms with E-state index in [0.29, 0.717) is 12.8 Å². The lowest BCUT2D eigenvalue weighted by molar-refractivity contribution is 0.361. The Morgan fingerprint density at radius 3 is 1.71 bits per heavy atom. The Hall–Kier alpha value is -1.17. The second-order valence-electron chi connectivity index (χ2n) is 3.73. The molecule has 17 heavy (non-hydrogen) atoms. The molecule has 0 amide bonds. The van der Waals surface area contributed by atoms with Crippen LogP contribution in [0.5, 0.6) is 0 Å². The molecule has 0 aromatic heterocycles. The van der Waals surface area contributed by atoms with Gasteiger partial charge in [0.05, 0.1) is 0 Å². The largest absolute Gasteiger partial charge is 0.324 e. The van der Waals surface area contributed by atoms with Crippen LogP contribution < -0.4 is 5.73 Å². The van der Waals surface area contributed by atoms with Crippen LogP contribution in [-0.4, -0.2) is 0 Å². The van der Waals surface area contributed by atoms with Crippen molar-refractivity contribution >= 4 is 0 Å². The fourth-order valence-corrected chi connectivity index (χ4v) is 1.52. The first kappa shape index (κ1) is 13.9. The van der Waals surface area contributed by atoms with Crippen molar-refractivity contribution in [3.8, 4) is 0 Å². The van der Waals surface area contributed by atoms with E-state index < -0.39 is 40.7 Å². The molecule has 0 aliphatic rings. The summed E-state index contributed by atoms with van der Waals surface area (Å²) in [6, 6.07) is -1.19. The molecule has 1 unspecified atom stereocenters. The molecule has 2 N–H and O–H groups in total. The number of rotatable bonds is 4. The van der Waals surface area contributed by atoms with Crippen LogP contribution in [-0.2, 0) is 0 Å². The summed E-state index contributed by atoms with van der Waals surface area (Å²) >= 11 is 0. The van der Waals surface area contributed by atoms with Gasteiger partial charge in [0.1, 0.15) is 0 Å². The van der Waals surface area contributed by atoms with Gasteiger partial charge in [-0.05, 0) is 6.42 Å². The zero-order valence-corrected chi connectivity index (χ0v) is 9.17. The van der Waals surface area contributed by atoms with Crippen LogP contribution >= 0.6 is 0 Å². The van der Waals surface area contributed by atoms with E-state index in [1.165, 1.54) is 0 Å². The number of benzene rings is 1. The first-order valence-electron chi connectivity index (χ1n) is 5.18. The first-order chi connectivity index (χ1) is 7.91. The molecule has 1 rings (SSSR count). The highest BCUT2D eigenvalue weighted by Crippen LogP contribution is 2.28. The van der Waals surface area contributed by atoms with E-state index in [4.69, 9.17) is 5.73 Å². The van der Waals surface area contributed by atoms with Crippen LogP contribution in [0.3, 0.4) is 0 Å². The molecule has 0 saturated carbocycles. The molecule has 1 nitrogen and oxygen atoms in total. The van der Waals surface area contributed by atoms with Crippen molar-refractivity contribution in [3.63, 3.8) is 0 Å². The molecule has 0 saturated heterocycles. The predicted octanol–water partition coefficient (Wildman–Crippen LogP) is 3.57. The minimum atomic E-state index is -2.16. The fourth-order valence-electron chi connectivity index (χ4n) is 1.52. The first-order valence-corrected chi connectivity index (χ1v) is 5.18. The van der Waals surface area contributed by atoms with Gasteiger partial charge in [-0.25, -0.2) is 22.0 Å². The van der Waals surface area contributed by atoms with Crippen molar-refractivity contribution in [3.05, 3.63) is 34.6 Å². The standard InChI is InChI=1S/C11H12F5N/c1-2-3-4-5(17)6-7(12)9(14)11(16)10(15)8(6)13/h5H,2-4,17H2,1H3. The van der Waals surface area contributed by atoms with Crippen LogP contribution in [0.1, 0.15) is 37.8 Å². The Morgan fingerprint density at radius 1 is 0.882 bits per heavy atom. The zero-order valence-electron chi connectivity index (χ0n) is 9.17. The predicted molar refractivity (Wildman–Crippen MR) is 52.7 cm³/mol. The summed E-state index contributed by atoms with van der Waals surface area (Å²) in [5.74, 6) is -9.75. The molecule has 0 heterocycles. The van der Waals surface area contributed by atoms with Gasteiger partial charge < -0.3 is 5.73 Å². The van der Waals surface area contributed by atoms with Gasteiger partial charge >= 0.3 is 0 Å². The van der Waals surface area contributed by atoms with E-state index in [1.807, 2.05) is 6.92 Å². The molecule has 1 aromatic rings. The van der Waals surface area contributed by atoms with Crippen LogP contribution in [0.2, 0.25) is 0 Å². The lowest BCUT2D eigenvalue weighted by Gasteiger charge is -2.14. The summed E-state index contributed by atoms with van der Waals surface area (Å²) in [6.07, 6.45) is 1.42. The number of nitrogens with two attached hydrogens (primary N) is 1. The second kappa shape index (κ2) is 5.44. The highest BCUT2D eigenvalue weighted by atomic mass is 19.2. The second-order valence-corrected chi connectivity index (χ2v) is 3.73. The van der Waals surface area contributed by atoms with E-state index in [9.17, 15) is 22.0 Å². The monoisotopic (exact) mass is 253 g/mol.